The number of hydrogen-bond donors (Lipinski definition) is 2. The molecule has 0 bridgehead atoms. The first-order chi connectivity index (χ1) is 11.3. The molecule has 2 aromatic rings. The van der Waals surface area contributed by atoms with Crippen LogP contribution in [0.2, 0.25) is 0 Å². The molecule has 6 heteroatoms. The first-order valence-corrected chi connectivity index (χ1v) is 7.93. The predicted octanol–water partition coefficient (Wildman–Crippen LogP) is 1.50. The maximum atomic E-state index is 12.1. The van der Waals surface area contributed by atoms with Crippen LogP contribution in [0.25, 0.3) is 5.69 Å². The van der Waals surface area contributed by atoms with Gasteiger partial charge in [0.1, 0.15) is 5.75 Å². The smallest absolute Gasteiger partial charge is 0.223 e. The van der Waals surface area contributed by atoms with E-state index in [-0.39, 0.29) is 11.8 Å². The largest absolute Gasteiger partial charge is 0.497 e. The van der Waals surface area contributed by atoms with Crippen molar-refractivity contribution in [3.63, 3.8) is 0 Å². The Morgan fingerprint density at radius 2 is 2.04 bits per heavy atom. The van der Waals surface area contributed by atoms with Gasteiger partial charge in [0, 0.05) is 12.1 Å². The number of benzene rings is 1. The molecule has 1 saturated heterocycles. The first-order valence-electron chi connectivity index (χ1n) is 7.93. The number of ether oxygens (including phenoxy) is 1. The van der Waals surface area contributed by atoms with Crippen LogP contribution in [0.3, 0.4) is 0 Å². The van der Waals surface area contributed by atoms with Gasteiger partial charge in [0.15, 0.2) is 0 Å². The topological polar surface area (TPSA) is 68.2 Å². The average molecular weight is 314 g/mol. The van der Waals surface area contributed by atoms with E-state index in [9.17, 15) is 4.79 Å². The maximum Gasteiger partial charge on any atom is 0.223 e. The van der Waals surface area contributed by atoms with E-state index in [4.69, 9.17) is 4.74 Å². The van der Waals surface area contributed by atoms with Crippen molar-refractivity contribution >= 4 is 5.91 Å². The van der Waals surface area contributed by atoms with Gasteiger partial charge >= 0.3 is 0 Å². The highest BCUT2D eigenvalue weighted by Gasteiger charge is 2.20. The van der Waals surface area contributed by atoms with Crippen LogP contribution in [0, 0.1) is 5.92 Å². The van der Waals surface area contributed by atoms with Crippen molar-refractivity contribution in [3.8, 4) is 11.4 Å². The minimum Gasteiger partial charge on any atom is -0.497 e. The fourth-order valence-corrected chi connectivity index (χ4v) is 2.74. The molecule has 2 heterocycles. The van der Waals surface area contributed by atoms with Crippen LogP contribution in [0.1, 0.15) is 18.5 Å². The molecule has 1 aliphatic heterocycles. The zero-order valence-corrected chi connectivity index (χ0v) is 13.3. The van der Waals surface area contributed by atoms with Gasteiger partial charge in [0.05, 0.1) is 25.0 Å². The molecule has 6 nitrogen and oxygen atoms in total. The van der Waals surface area contributed by atoms with E-state index in [1.807, 2.05) is 36.5 Å². The molecule has 0 spiro atoms. The second-order valence-electron chi connectivity index (χ2n) is 5.69. The number of methoxy groups -OCH3 is 1. The van der Waals surface area contributed by atoms with Crippen LogP contribution in [0.4, 0.5) is 0 Å². The molecular weight excluding hydrogens is 292 g/mol. The fourth-order valence-electron chi connectivity index (χ4n) is 2.74. The van der Waals surface area contributed by atoms with Crippen LogP contribution in [0.5, 0.6) is 5.75 Å². The van der Waals surface area contributed by atoms with Crippen molar-refractivity contribution < 1.29 is 9.53 Å². The van der Waals surface area contributed by atoms with Crippen LogP contribution < -0.4 is 15.4 Å². The Hall–Kier alpha value is -2.34. The van der Waals surface area contributed by atoms with Crippen LogP contribution in [-0.4, -0.2) is 35.9 Å². The summed E-state index contributed by atoms with van der Waals surface area (Å²) in [7, 11) is 1.64. The quantitative estimate of drug-likeness (QED) is 0.877. The summed E-state index contributed by atoms with van der Waals surface area (Å²) in [6, 6.07) is 9.62. The van der Waals surface area contributed by atoms with Crippen molar-refractivity contribution in [2.45, 2.75) is 19.4 Å². The molecule has 0 atom stereocenters. The summed E-state index contributed by atoms with van der Waals surface area (Å²) in [5, 5.41) is 10.8. The van der Waals surface area contributed by atoms with Crippen molar-refractivity contribution in [3.05, 3.63) is 42.2 Å². The predicted molar refractivity (Wildman–Crippen MR) is 87.6 cm³/mol. The molecule has 23 heavy (non-hydrogen) atoms. The van der Waals surface area contributed by atoms with E-state index < -0.39 is 0 Å². The third-order valence-corrected chi connectivity index (χ3v) is 4.13. The van der Waals surface area contributed by atoms with Gasteiger partial charge < -0.3 is 15.4 Å². The number of nitrogens with one attached hydrogen (secondary N) is 2. The van der Waals surface area contributed by atoms with Gasteiger partial charge in [-0.25, -0.2) is 4.68 Å². The first kappa shape index (κ1) is 15.6. The molecule has 1 aromatic carbocycles. The summed E-state index contributed by atoms with van der Waals surface area (Å²) in [4.78, 5) is 12.1. The van der Waals surface area contributed by atoms with Gasteiger partial charge in [-0.2, -0.15) is 5.10 Å². The monoisotopic (exact) mass is 314 g/mol. The van der Waals surface area contributed by atoms with E-state index in [1.165, 1.54) is 0 Å². The van der Waals surface area contributed by atoms with Crippen LogP contribution in [0.15, 0.2) is 36.5 Å². The molecule has 1 aliphatic rings. The molecule has 0 unspecified atom stereocenters. The fraction of sp³-hybridized carbons (Fsp3) is 0.412. The van der Waals surface area contributed by atoms with Crippen molar-refractivity contribution in [2.24, 2.45) is 5.92 Å². The minimum atomic E-state index is 0.125. The summed E-state index contributed by atoms with van der Waals surface area (Å²) in [5.74, 6) is 1.07. The number of amides is 1. The molecule has 1 fully saturated rings. The summed E-state index contributed by atoms with van der Waals surface area (Å²) in [5.41, 5.74) is 1.81. The number of aromatic nitrogens is 2. The van der Waals surface area contributed by atoms with Crippen LogP contribution in [-0.2, 0) is 11.3 Å². The van der Waals surface area contributed by atoms with Crippen molar-refractivity contribution in [1.82, 2.24) is 20.4 Å². The summed E-state index contributed by atoms with van der Waals surface area (Å²) in [6.07, 6.45) is 3.71. The van der Waals surface area contributed by atoms with E-state index in [0.717, 1.165) is 43.1 Å². The third-order valence-electron chi connectivity index (χ3n) is 4.13. The highest BCUT2D eigenvalue weighted by Crippen LogP contribution is 2.15. The standard InChI is InChI=1S/C17H22N4O2/c1-23-16-4-2-15(3-5-16)21-11-8-14(20-21)12-19-17(22)13-6-9-18-10-7-13/h2-5,8,11,13,18H,6-7,9-10,12H2,1H3,(H,19,22). The molecular formula is C17H22N4O2. The minimum absolute atomic E-state index is 0.125. The van der Waals surface area contributed by atoms with Gasteiger partial charge in [0.25, 0.3) is 0 Å². The normalized spacial score (nSPS) is 15.3. The summed E-state index contributed by atoms with van der Waals surface area (Å²) in [6.45, 7) is 2.31. The second kappa shape index (κ2) is 7.28. The number of nitrogens with zero attached hydrogens (tertiary/aromatic N) is 2. The summed E-state index contributed by atoms with van der Waals surface area (Å²) < 4.78 is 6.95. The Bertz CT molecular complexity index is 645. The van der Waals surface area contributed by atoms with Gasteiger partial charge in [-0.15, -0.1) is 0 Å². The Labute approximate surface area is 135 Å². The SMILES string of the molecule is COc1ccc(-n2ccc(CNC(=O)C3CCNCC3)n2)cc1. The summed E-state index contributed by atoms with van der Waals surface area (Å²) >= 11 is 0. The highest BCUT2D eigenvalue weighted by atomic mass is 16.5. The van der Waals surface area contributed by atoms with E-state index in [1.54, 1.807) is 11.8 Å². The number of carbonyl (C=O) groups excluding carboxylic acids is 1. The lowest BCUT2D eigenvalue weighted by molar-refractivity contribution is -0.125. The van der Waals surface area contributed by atoms with E-state index in [2.05, 4.69) is 15.7 Å². The molecule has 1 amide bonds. The van der Waals surface area contributed by atoms with Gasteiger partial charge in [0.2, 0.25) is 5.91 Å². The Morgan fingerprint density at radius 3 is 2.74 bits per heavy atom. The Kier molecular flexibility index (Phi) is 4.92. The van der Waals surface area contributed by atoms with E-state index >= 15 is 0 Å². The van der Waals surface area contributed by atoms with Gasteiger partial charge in [-0.05, 0) is 56.3 Å². The zero-order chi connectivity index (χ0) is 16.1. The highest BCUT2D eigenvalue weighted by molar-refractivity contribution is 5.78. The van der Waals surface area contributed by atoms with Gasteiger partial charge in [-0.3, -0.25) is 4.79 Å². The Balaban J connectivity index is 1.57. The molecule has 2 N–H and O–H groups in total. The molecule has 0 saturated carbocycles. The second-order valence-corrected chi connectivity index (χ2v) is 5.69. The molecule has 0 radical (unpaired) electrons. The van der Waals surface area contributed by atoms with Crippen LogP contribution >= 0.6 is 0 Å². The number of hydrogen-bond acceptors (Lipinski definition) is 4. The van der Waals surface area contributed by atoms with Crippen molar-refractivity contribution in [2.75, 3.05) is 20.2 Å². The average Bonchev–Trinajstić information content (AvgIpc) is 3.09. The number of piperidine rings is 1. The molecule has 122 valence electrons. The zero-order valence-electron chi connectivity index (χ0n) is 13.3. The third kappa shape index (κ3) is 3.90. The van der Waals surface area contributed by atoms with Crippen molar-refractivity contribution in [1.29, 1.82) is 0 Å². The lowest BCUT2D eigenvalue weighted by atomic mass is 9.97. The number of carbonyl (C=O) groups is 1. The molecule has 0 aliphatic carbocycles. The van der Waals surface area contributed by atoms with Gasteiger partial charge in [-0.1, -0.05) is 0 Å². The maximum absolute atomic E-state index is 12.1. The lowest BCUT2D eigenvalue weighted by Gasteiger charge is -2.21. The lowest BCUT2D eigenvalue weighted by Crippen LogP contribution is -2.37. The Morgan fingerprint density at radius 1 is 1.30 bits per heavy atom. The molecule has 1 aromatic heterocycles. The number of rotatable bonds is 5. The molecule has 3 rings (SSSR count). The van der Waals surface area contributed by atoms with E-state index in [0.29, 0.717) is 6.54 Å².